The summed E-state index contributed by atoms with van der Waals surface area (Å²) in [6.07, 6.45) is 0. The summed E-state index contributed by atoms with van der Waals surface area (Å²) in [5.41, 5.74) is 0.923. The van der Waals surface area contributed by atoms with Crippen LogP contribution in [0.5, 0.6) is 5.75 Å². The van der Waals surface area contributed by atoms with Crippen LogP contribution >= 0.6 is 23.2 Å². The minimum Gasteiger partial charge on any atom is -0.494 e. The van der Waals surface area contributed by atoms with Gasteiger partial charge in [0.15, 0.2) is 5.75 Å². The van der Waals surface area contributed by atoms with Gasteiger partial charge >= 0.3 is 0 Å². The van der Waals surface area contributed by atoms with Crippen molar-refractivity contribution in [2.45, 2.75) is 13.0 Å². The monoisotopic (exact) mass is 382 g/mol. The van der Waals surface area contributed by atoms with E-state index in [9.17, 15) is 14.9 Å². The predicted molar refractivity (Wildman–Crippen MR) is 96.6 cm³/mol. The Bertz CT molecular complexity index is 803. The Balaban J connectivity index is 2.30. The van der Waals surface area contributed by atoms with Gasteiger partial charge in [-0.15, -0.1) is 0 Å². The Morgan fingerprint density at radius 1 is 1.24 bits per heavy atom. The molecule has 25 heavy (non-hydrogen) atoms. The van der Waals surface area contributed by atoms with Gasteiger partial charge in [-0.25, -0.2) is 0 Å². The van der Waals surface area contributed by atoms with Gasteiger partial charge in [-0.05, 0) is 24.6 Å². The molecule has 0 aromatic heterocycles. The van der Waals surface area contributed by atoms with E-state index in [1.807, 2.05) is 0 Å². The summed E-state index contributed by atoms with van der Waals surface area (Å²) in [6.45, 7) is 1.78. The SMILES string of the molecule is COc1c(Cl)cc(C(=O)N(C)[C@@H](C)c2cccc([N+](=O)[O-])c2)cc1Cl. The van der Waals surface area contributed by atoms with Crippen molar-refractivity contribution in [3.8, 4) is 5.75 Å². The molecule has 0 spiro atoms. The molecular weight excluding hydrogens is 367 g/mol. The van der Waals surface area contributed by atoms with Gasteiger partial charge in [0.2, 0.25) is 0 Å². The molecule has 0 heterocycles. The van der Waals surface area contributed by atoms with E-state index in [4.69, 9.17) is 27.9 Å². The van der Waals surface area contributed by atoms with Crippen LogP contribution in [0.15, 0.2) is 36.4 Å². The molecule has 0 aliphatic carbocycles. The fourth-order valence-electron chi connectivity index (χ4n) is 2.38. The predicted octanol–water partition coefficient (Wildman–Crippen LogP) is 4.74. The van der Waals surface area contributed by atoms with Crippen molar-refractivity contribution >= 4 is 34.8 Å². The molecule has 8 heteroatoms. The number of methoxy groups -OCH3 is 1. The van der Waals surface area contributed by atoms with E-state index < -0.39 is 4.92 Å². The van der Waals surface area contributed by atoms with Gasteiger partial charge < -0.3 is 9.64 Å². The molecule has 0 N–H and O–H groups in total. The van der Waals surface area contributed by atoms with Crippen molar-refractivity contribution in [2.24, 2.45) is 0 Å². The number of benzene rings is 2. The highest BCUT2D eigenvalue weighted by Gasteiger charge is 2.22. The fraction of sp³-hybridized carbons (Fsp3) is 0.235. The van der Waals surface area contributed by atoms with Gasteiger partial charge in [0, 0.05) is 24.7 Å². The van der Waals surface area contributed by atoms with Gasteiger partial charge in [-0.1, -0.05) is 35.3 Å². The highest BCUT2D eigenvalue weighted by molar-refractivity contribution is 6.37. The third-order valence-corrected chi connectivity index (χ3v) is 4.48. The van der Waals surface area contributed by atoms with Gasteiger partial charge in [0.25, 0.3) is 11.6 Å². The number of non-ortho nitro benzene ring substituents is 1. The number of ether oxygens (including phenoxy) is 1. The minimum absolute atomic E-state index is 0.0271. The summed E-state index contributed by atoms with van der Waals surface area (Å²) in [5.74, 6) is -0.0141. The summed E-state index contributed by atoms with van der Waals surface area (Å²) in [4.78, 5) is 24.6. The second-order valence-electron chi connectivity index (χ2n) is 5.42. The molecule has 0 saturated carbocycles. The smallest absolute Gasteiger partial charge is 0.269 e. The lowest BCUT2D eigenvalue weighted by Crippen LogP contribution is -2.29. The number of amides is 1. The molecule has 0 radical (unpaired) electrons. The zero-order valence-electron chi connectivity index (χ0n) is 13.8. The lowest BCUT2D eigenvalue weighted by molar-refractivity contribution is -0.384. The highest BCUT2D eigenvalue weighted by atomic mass is 35.5. The Morgan fingerprint density at radius 2 is 1.84 bits per heavy atom. The van der Waals surface area contributed by atoms with Crippen LogP contribution in [0.25, 0.3) is 0 Å². The van der Waals surface area contributed by atoms with Crippen molar-refractivity contribution in [2.75, 3.05) is 14.2 Å². The van der Waals surface area contributed by atoms with E-state index in [2.05, 4.69) is 0 Å². The quantitative estimate of drug-likeness (QED) is 0.552. The van der Waals surface area contributed by atoms with E-state index in [0.717, 1.165) is 0 Å². The maximum atomic E-state index is 12.7. The van der Waals surface area contributed by atoms with Gasteiger partial charge in [0.05, 0.1) is 28.1 Å². The van der Waals surface area contributed by atoms with Gasteiger partial charge in [-0.3, -0.25) is 14.9 Å². The molecule has 2 rings (SSSR count). The number of hydrogen-bond acceptors (Lipinski definition) is 4. The fourth-order valence-corrected chi connectivity index (χ4v) is 3.02. The number of hydrogen-bond donors (Lipinski definition) is 0. The van der Waals surface area contributed by atoms with Crippen LogP contribution in [0.3, 0.4) is 0 Å². The second-order valence-corrected chi connectivity index (χ2v) is 6.23. The molecule has 0 unspecified atom stereocenters. The Kier molecular flexibility index (Phi) is 5.87. The summed E-state index contributed by atoms with van der Waals surface area (Å²) in [6, 6.07) is 8.74. The zero-order valence-corrected chi connectivity index (χ0v) is 15.3. The largest absolute Gasteiger partial charge is 0.494 e. The average Bonchev–Trinajstić information content (AvgIpc) is 2.59. The van der Waals surface area contributed by atoms with Crippen LogP contribution in [0, 0.1) is 10.1 Å². The average molecular weight is 383 g/mol. The van der Waals surface area contributed by atoms with Crippen molar-refractivity contribution in [3.05, 3.63) is 67.7 Å². The molecule has 6 nitrogen and oxygen atoms in total. The zero-order chi connectivity index (χ0) is 18.7. The first-order valence-electron chi connectivity index (χ1n) is 7.30. The van der Waals surface area contributed by atoms with Crippen molar-refractivity contribution in [3.63, 3.8) is 0 Å². The number of halogens is 2. The molecule has 0 fully saturated rings. The molecule has 0 aliphatic rings. The van der Waals surface area contributed by atoms with E-state index in [0.29, 0.717) is 16.9 Å². The summed E-state index contributed by atoms with van der Waals surface area (Å²) >= 11 is 12.2. The van der Waals surface area contributed by atoms with Crippen LogP contribution in [-0.2, 0) is 0 Å². The number of carbonyl (C=O) groups is 1. The van der Waals surface area contributed by atoms with Crippen LogP contribution in [0.1, 0.15) is 28.9 Å². The number of nitro benzene ring substituents is 1. The van der Waals surface area contributed by atoms with E-state index in [-0.39, 0.29) is 27.7 Å². The highest BCUT2D eigenvalue weighted by Crippen LogP contribution is 2.34. The molecule has 0 aliphatic heterocycles. The molecule has 0 saturated heterocycles. The van der Waals surface area contributed by atoms with Gasteiger partial charge in [0.1, 0.15) is 0 Å². The number of nitro groups is 1. The van der Waals surface area contributed by atoms with E-state index >= 15 is 0 Å². The Labute approximate surface area is 155 Å². The molecule has 0 bridgehead atoms. The summed E-state index contributed by atoms with van der Waals surface area (Å²) in [5, 5.41) is 11.4. The molecular formula is C17H16Cl2N2O4. The topological polar surface area (TPSA) is 72.7 Å². The summed E-state index contributed by atoms with van der Waals surface area (Å²) in [7, 11) is 3.04. The summed E-state index contributed by atoms with van der Waals surface area (Å²) < 4.78 is 5.07. The van der Waals surface area contributed by atoms with E-state index in [1.165, 1.54) is 36.3 Å². The van der Waals surface area contributed by atoms with Crippen molar-refractivity contribution in [1.29, 1.82) is 0 Å². The van der Waals surface area contributed by atoms with Crippen LogP contribution in [0.2, 0.25) is 10.0 Å². The normalized spacial score (nSPS) is 11.7. The number of carbonyl (C=O) groups excluding carboxylic acids is 1. The number of rotatable bonds is 5. The third-order valence-electron chi connectivity index (χ3n) is 3.91. The Morgan fingerprint density at radius 3 is 2.36 bits per heavy atom. The second kappa shape index (κ2) is 7.72. The van der Waals surface area contributed by atoms with Crippen LogP contribution in [0.4, 0.5) is 5.69 Å². The molecule has 132 valence electrons. The third kappa shape index (κ3) is 4.03. The maximum Gasteiger partial charge on any atom is 0.269 e. The maximum absolute atomic E-state index is 12.7. The standard InChI is InChI=1S/C17H16Cl2N2O4/c1-10(11-5-4-6-13(7-11)21(23)24)20(2)17(22)12-8-14(18)16(25-3)15(19)9-12/h4-10H,1-3H3/t10-/m0/s1. The van der Waals surface area contributed by atoms with E-state index in [1.54, 1.807) is 26.1 Å². The molecule has 1 atom stereocenters. The van der Waals surface area contributed by atoms with Crippen molar-refractivity contribution in [1.82, 2.24) is 4.90 Å². The van der Waals surface area contributed by atoms with Gasteiger partial charge in [-0.2, -0.15) is 0 Å². The first kappa shape index (κ1) is 19.0. The van der Waals surface area contributed by atoms with Crippen LogP contribution in [-0.4, -0.2) is 29.9 Å². The molecule has 2 aromatic carbocycles. The molecule has 2 aromatic rings. The Hall–Kier alpha value is -2.31. The first-order valence-corrected chi connectivity index (χ1v) is 8.06. The first-order chi connectivity index (χ1) is 11.8. The lowest BCUT2D eigenvalue weighted by atomic mass is 10.1. The number of nitrogens with zero attached hydrogens (tertiary/aromatic N) is 2. The lowest BCUT2D eigenvalue weighted by Gasteiger charge is -2.25. The minimum atomic E-state index is -0.471. The van der Waals surface area contributed by atoms with Crippen LogP contribution < -0.4 is 4.74 Å². The van der Waals surface area contributed by atoms with Crippen molar-refractivity contribution < 1.29 is 14.5 Å². The molecule has 1 amide bonds.